The Kier molecular flexibility index (Phi) is 10.2. The number of hydrogen-bond acceptors (Lipinski definition) is 6. The van der Waals surface area contributed by atoms with E-state index in [0.717, 1.165) is 18.2 Å². The highest BCUT2D eigenvalue weighted by molar-refractivity contribution is 7.84. The van der Waals surface area contributed by atoms with Gasteiger partial charge >= 0.3 is 8.80 Å². The molecule has 0 aliphatic rings. The van der Waals surface area contributed by atoms with Crippen LogP contribution in [0.25, 0.3) is 0 Å². The molecule has 1 atom stereocenters. The lowest BCUT2D eigenvalue weighted by Crippen LogP contribution is -2.42. The lowest BCUT2D eigenvalue weighted by molar-refractivity contribution is 0.109. The molecule has 0 aromatic rings. The Bertz CT molecular complexity index is 161. The van der Waals surface area contributed by atoms with Crippen molar-refractivity contribution in [1.29, 1.82) is 0 Å². The fraction of sp³-hybridized carbons (Fsp3) is 1.00. The van der Waals surface area contributed by atoms with Crippen LogP contribution in [0.15, 0.2) is 0 Å². The van der Waals surface area contributed by atoms with Crippen LogP contribution in [0, 0.1) is 0 Å². The molecule has 0 radical (unpaired) electrons. The number of hydrogen-bond donors (Lipinski definition) is 2. The van der Waals surface area contributed by atoms with Crippen molar-refractivity contribution in [2.24, 2.45) is 0 Å². The molecule has 0 spiro atoms. The van der Waals surface area contributed by atoms with Crippen LogP contribution < -0.4 is 0 Å². The molecule has 0 heterocycles. The Morgan fingerprint density at radius 1 is 1.12 bits per heavy atom. The molecule has 0 saturated heterocycles. The van der Waals surface area contributed by atoms with Crippen molar-refractivity contribution >= 4 is 34.1 Å². The van der Waals surface area contributed by atoms with Gasteiger partial charge in [0.25, 0.3) is 0 Å². The molecule has 1 unspecified atom stereocenters. The SMILES string of the molecule is CO[Si](CCCOCC(S)CS)(OC)OC. The number of rotatable bonds is 10. The van der Waals surface area contributed by atoms with Crippen LogP contribution in [0.2, 0.25) is 6.04 Å². The molecule has 98 valence electrons. The van der Waals surface area contributed by atoms with Crippen LogP contribution in [-0.4, -0.2) is 54.4 Å². The largest absolute Gasteiger partial charge is 0.500 e. The van der Waals surface area contributed by atoms with E-state index in [9.17, 15) is 0 Å². The van der Waals surface area contributed by atoms with E-state index in [4.69, 9.17) is 18.0 Å². The van der Waals surface area contributed by atoms with Gasteiger partial charge in [-0.25, -0.2) is 0 Å². The summed E-state index contributed by atoms with van der Waals surface area (Å²) in [4.78, 5) is 0. The molecule has 0 fully saturated rings. The van der Waals surface area contributed by atoms with Crippen LogP contribution in [-0.2, 0) is 18.0 Å². The minimum Gasteiger partial charge on any atom is -0.380 e. The molecule has 0 N–H and O–H groups in total. The summed E-state index contributed by atoms with van der Waals surface area (Å²) in [6.07, 6.45) is 0.856. The maximum Gasteiger partial charge on any atom is 0.500 e. The van der Waals surface area contributed by atoms with E-state index in [1.807, 2.05) is 0 Å². The molecule has 0 aliphatic heterocycles. The third-order valence-corrected chi connectivity index (χ3v) is 6.12. The van der Waals surface area contributed by atoms with Gasteiger partial charge in [0, 0.05) is 45.0 Å². The normalized spacial score (nSPS) is 14.1. The highest BCUT2D eigenvalue weighted by atomic mass is 32.1. The van der Waals surface area contributed by atoms with Crippen LogP contribution in [0.5, 0.6) is 0 Å². The molecule has 0 aliphatic carbocycles. The summed E-state index contributed by atoms with van der Waals surface area (Å²) in [7, 11) is 2.43. The van der Waals surface area contributed by atoms with Crippen LogP contribution in [0.4, 0.5) is 0 Å². The first-order valence-corrected chi connectivity index (χ1v) is 8.24. The average molecular weight is 286 g/mol. The number of ether oxygens (including phenoxy) is 1. The van der Waals surface area contributed by atoms with Gasteiger partial charge in [0.1, 0.15) is 0 Å². The average Bonchev–Trinajstić information content (AvgIpc) is 2.34. The zero-order valence-electron chi connectivity index (χ0n) is 10.1. The second-order valence-corrected chi connectivity index (χ2v) is 7.50. The molecular formula is C9H22O4S2Si. The Labute approximate surface area is 110 Å². The molecule has 7 heteroatoms. The lowest BCUT2D eigenvalue weighted by Gasteiger charge is -2.24. The van der Waals surface area contributed by atoms with Gasteiger partial charge < -0.3 is 18.0 Å². The van der Waals surface area contributed by atoms with E-state index < -0.39 is 8.80 Å². The van der Waals surface area contributed by atoms with Gasteiger partial charge in [-0.1, -0.05) is 0 Å². The van der Waals surface area contributed by atoms with Crippen molar-refractivity contribution < 1.29 is 18.0 Å². The van der Waals surface area contributed by atoms with E-state index in [0.29, 0.717) is 13.2 Å². The summed E-state index contributed by atoms with van der Waals surface area (Å²) in [6.45, 7) is 1.28. The molecule has 16 heavy (non-hydrogen) atoms. The van der Waals surface area contributed by atoms with Crippen molar-refractivity contribution in [3.05, 3.63) is 0 Å². The van der Waals surface area contributed by atoms with Gasteiger partial charge in [-0.2, -0.15) is 25.3 Å². The fourth-order valence-corrected chi connectivity index (χ4v) is 3.12. The fourth-order valence-electron chi connectivity index (χ4n) is 1.22. The zero-order chi connectivity index (χ0) is 12.4. The van der Waals surface area contributed by atoms with Crippen LogP contribution >= 0.6 is 25.3 Å². The molecular weight excluding hydrogens is 264 g/mol. The van der Waals surface area contributed by atoms with Gasteiger partial charge in [-0.3, -0.25) is 0 Å². The van der Waals surface area contributed by atoms with Crippen molar-refractivity contribution in [3.63, 3.8) is 0 Å². The predicted molar refractivity (Wildman–Crippen MR) is 73.7 cm³/mol. The van der Waals surface area contributed by atoms with Gasteiger partial charge in [0.2, 0.25) is 0 Å². The van der Waals surface area contributed by atoms with Gasteiger partial charge in [-0.05, 0) is 6.42 Å². The predicted octanol–water partition coefficient (Wildman–Crippen LogP) is 1.50. The van der Waals surface area contributed by atoms with E-state index in [-0.39, 0.29) is 5.25 Å². The summed E-state index contributed by atoms with van der Waals surface area (Å²) >= 11 is 8.40. The first-order valence-electron chi connectivity index (χ1n) is 5.16. The monoisotopic (exact) mass is 286 g/mol. The van der Waals surface area contributed by atoms with E-state index in [1.54, 1.807) is 21.3 Å². The summed E-state index contributed by atoms with van der Waals surface area (Å²) in [5.41, 5.74) is 0. The third-order valence-electron chi connectivity index (χ3n) is 2.23. The molecule has 4 nitrogen and oxygen atoms in total. The van der Waals surface area contributed by atoms with Gasteiger partial charge in [-0.15, -0.1) is 0 Å². The Morgan fingerprint density at radius 2 is 1.69 bits per heavy atom. The van der Waals surface area contributed by atoms with Gasteiger partial charge in [0.05, 0.1) is 6.61 Å². The first kappa shape index (κ1) is 16.8. The summed E-state index contributed by atoms with van der Waals surface area (Å²) in [6, 6.07) is 0.759. The third kappa shape index (κ3) is 6.48. The van der Waals surface area contributed by atoms with E-state index >= 15 is 0 Å². The van der Waals surface area contributed by atoms with Crippen molar-refractivity contribution in [2.45, 2.75) is 17.7 Å². The van der Waals surface area contributed by atoms with Crippen LogP contribution in [0.3, 0.4) is 0 Å². The van der Waals surface area contributed by atoms with E-state index in [2.05, 4.69) is 25.3 Å². The smallest absolute Gasteiger partial charge is 0.380 e. The second kappa shape index (κ2) is 9.75. The van der Waals surface area contributed by atoms with Gasteiger partial charge in [0.15, 0.2) is 0 Å². The highest BCUT2D eigenvalue weighted by Crippen LogP contribution is 2.14. The minimum atomic E-state index is -2.42. The maximum atomic E-state index is 5.45. The summed E-state index contributed by atoms with van der Waals surface area (Å²) in [5, 5.41) is 0.192. The Balaban J connectivity index is 3.63. The molecule has 0 rings (SSSR count). The standard InChI is InChI=1S/C9H22O4S2Si/c1-10-16(11-2,12-3)6-4-5-13-7-9(15)8-14/h9,14-15H,4-8H2,1-3H3. The Morgan fingerprint density at radius 3 is 2.12 bits per heavy atom. The first-order chi connectivity index (χ1) is 7.64. The molecule has 0 bridgehead atoms. The molecule has 0 aromatic heterocycles. The highest BCUT2D eigenvalue weighted by Gasteiger charge is 2.36. The topological polar surface area (TPSA) is 36.9 Å². The van der Waals surface area contributed by atoms with Crippen molar-refractivity contribution in [2.75, 3.05) is 40.3 Å². The summed E-state index contributed by atoms with van der Waals surface area (Å²) in [5.74, 6) is 0.718. The maximum absolute atomic E-state index is 5.45. The quantitative estimate of drug-likeness (QED) is 0.362. The van der Waals surface area contributed by atoms with E-state index in [1.165, 1.54) is 0 Å². The Hall–Kier alpha value is 0.757. The van der Waals surface area contributed by atoms with Crippen molar-refractivity contribution in [3.8, 4) is 0 Å². The zero-order valence-corrected chi connectivity index (χ0v) is 12.9. The molecule has 0 saturated carbocycles. The summed E-state index contributed by atoms with van der Waals surface area (Å²) < 4.78 is 21.3. The number of thiol groups is 2. The lowest BCUT2D eigenvalue weighted by atomic mass is 10.5. The molecule has 0 aromatic carbocycles. The van der Waals surface area contributed by atoms with Crippen molar-refractivity contribution in [1.82, 2.24) is 0 Å². The second-order valence-electron chi connectivity index (χ2n) is 3.31. The molecule has 0 amide bonds. The van der Waals surface area contributed by atoms with Crippen LogP contribution in [0.1, 0.15) is 6.42 Å². The minimum absolute atomic E-state index is 0.192.